The van der Waals surface area contributed by atoms with Crippen molar-refractivity contribution >= 4 is 39.3 Å². The number of rotatable bonds is 3. The third-order valence-electron chi connectivity index (χ3n) is 1.38. The summed E-state index contributed by atoms with van der Waals surface area (Å²) in [6.45, 7) is 0. The number of nitrogen functional groups attached to an aromatic ring is 1. The summed E-state index contributed by atoms with van der Waals surface area (Å²) in [5, 5.41) is 0. The van der Waals surface area contributed by atoms with E-state index in [1.54, 1.807) is 0 Å². The fraction of sp³-hybridized carbons (Fsp3) is 0.125. The number of carbonyl (C=O) groups excluding carboxylic acids is 1. The van der Waals surface area contributed by atoms with Crippen molar-refractivity contribution in [1.29, 1.82) is 0 Å². The minimum absolute atomic E-state index is 0.251. The zero-order valence-electron chi connectivity index (χ0n) is 6.79. The van der Waals surface area contributed by atoms with Gasteiger partial charge in [0.25, 0.3) is 0 Å². The minimum atomic E-state index is -0.343. The average Bonchev–Trinajstić information content (AvgIpc) is 2.07. The number of amides is 1. The van der Waals surface area contributed by atoms with Crippen LogP contribution in [0.4, 0.5) is 5.69 Å². The van der Waals surface area contributed by atoms with Crippen LogP contribution in [-0.2, 0) is 4.79 Å². The highest BCUT2D eigenvalue weighted by molar-refractivity contribution is 9.10. The van der Waals surface area contributed by atoms with Gasteiger partial charge in [0.1, 0.15) is 0 Å². The van der Waals surface area contributed by atoms with Crippen molar-refractivity contribution < 1.29 is 4.79 Å². The molecule has 0 fully saturated rings. The molecule has 0 heterocycles. The lowest BCUT2D eigenvalue weighted by molar-refractivity contribution is -0.115. The van der Waals surface area contributed by atoms with Crippen LogP contribution in [0.1, 0.15) is 0 Å². The monoisotopic (exact) mass is 260 g/mol. The minimum Gasteiger partial charge on any atom is -0.397 e. The number of hydrogen-bond acceptors (Lipinski definition) is 3. The molecule has 0 saturated carbocycles. The summed E-state index contributed by atoms with van der Waals surface area (Å²) in [6.07, 6.45) is 0. The van der Waals surface area contributed by atoms with E-state index in [1.807, 2.05) is 18.2 Å². The normalized spacial score (nSPS) is 9.92. The lowest BCUT2D eigenvalue weighted by Crippen LogP contribution is -2.13. The molecule has 3 nitrogen and oxygen atoms in total. The highest BCUT2D eigenvalue weighted by Crippen LogP contribution is 2.30. The van der Waals surface area contributed by atoms with Gasteiger partial charge in [-0.2, -0.15) is 0 Å². The maximum Gasteiger partial charge on any atom is 0.227 e. The Bertz CT molecular complexity index is 330. The van der Waals surface area contributed by atoms with Crippen molar-refractivity contribution in [2.75, 3.05) is 11.5 Å². The van der Waals surface area contributed by atoms with Gasteiger partial charge in [-0.15, -0.1) is 11.8 Å². The molecule has 0 spiro atoms. The number of thioether (sulfide) groups is 1. The molecular formula is C8H9BrN2OS. The molecule has 0 aromatic heterocycles. The summed E-state index contributed by atoms with van der Waals surface area (Å²) in [5.74, 6) is -0.0925. The van der Waals surface area contributed by atoms with Crippen LogP contribution in [0.2, 0.25) is 0 Å². The first-order chi connectivity index (χ1) is 6.11. The Morgan fingerprint density at radius 2 is 2.23 bits per heavy atom. The van der Waals surface area contributed by atoms with Gasteiger partial charge >= 0.3 is 0 Å². The van der Waals surface area contributed by atoms with Crippen LogP contribution in [-0.4, -0.2) is 11.7 Å². The van der Waals surface area contributed by atoms with Crippen LogP contribution in [0, 0.1) is 0 Å². The molecule has 0 aliphatic rings. The van der Waals surface area contributed by atoms with E-state index in [0.29, 0.717) is 5.69 Å². The lowest BCUT2D eigenvalue weighted by Gasteiger charge is -2.04. The number of hydrogen-bond donors (Lipinski definition) is 2. The van der Waals surface area contributed by atoms with Gasteiger partial charge < -0.3 is 11.5 Å². The molecule has 1 amide bonds. The standard InChI is InChI=1S/C8H9BrN2OS/c9-5-2-1-3-6(8(5)11)13-4-7(10)12/h1-3H,4,11H2,(H2,10,12). The zero-order valence-corrected chi connectivity index (χ0v) is 9.19. The van der Waals surface area contributed by atoms with Gasteiger partial charge in [-0.05, 0) is 28.1 Å². The summed E-state index contributed by atoms with van der Waals surface area (Å²) >= 11 is 4.64. The van der Waals surface area contributed by atoms with Crippen LogP contribution in [0.25, 0.3) is 0 Å². The van der Waals surface area contributed by atoms with Gasteiger partial charge in [-0.25, -0.2) is 0 Å². The SMILES string of the molecule is NC(=O)CSc1cccc(Br)c1N. The fourth-order valence-electron chi connectivity index (χ4n) is 0.792. The Balaban J connectivity index is 2.77. The third kappa shape index (κ3) is 2.93. The molecule has 4 N–H and O–H groups in total. The van der Waals surface area contributed by atoms with Crippen molar-refractivity contribution in [2.45, 2.75) is 4.90 Å². The van der Waals surface area contributed by atoms with Gasteiger partial charge in [0.05, 0.1) is 11.4 Å². The van der Waals surface area contributed by atoms with E-state index < -0.39 is 0 Å². The van der Waals surface area contributed by atoms with E-state index in [-0.39, 0.29) is 11.7 Å². The molecule has 0 bridgehead atoms. The molecular weight excluding hydrogens is 252 g/mol. The van der Waals surface area contributed by atoms with Crippen LogP contribution in [0.3, 0.4) is 0 Å². The van der Waals surface area contributed by atoms with Crippen LogP contribution in [0.5, 0.6) is 0 Å². The zero-order chi connectivity index (χ0) is 9.84. The summed E-state index contributed by atoms with van der Waals surface area (Å²) < 4.78 is 0.835. The van der Waals surface area contributed by atoms with Gasteiger partial charge in [0, 0.05) is 9.37 Å². The van der Waals surface area contributed by atoms with Crippen molar-refractivity contribution in [3.05, 3.63) is 22.7 Å². The largest absolute Gasteiger partial charge is 0.397 e. The second-order valence-electron chi connectivity index (χ2n) is 2.41. The number of nitrogens with two attached hydrogens (primary N) is 2. The summed E-state index contributed by atoms with van der Waals surface area (Å²) in [4.78, 5) is 11.4. The molecule has 1 aromatic rings. The Labute approximate surface area is 89.0 Å². The number of carbonyl (C=O) groups is 1. The molecule has 70 valence electrons. The van der Waals surface area contributed by atoms with E-state index >= 15 is 0 Å². The molecule has 0 radical (unpaired) electrons. The number of para-hydroxylation sites is 1. The highest BCUT2D eigenvalue weighted by Gasteiger charge is 2.04. The summed E-state index contributed by atoms with van der Waals surface area (Å²) in [6, 6.07) is 5.57. The Morgan fingerprint density at radius 3 is 2.85 bits per heavy atom. The Morgan fingerprint density at radius 1 is 1.54 bits per heavy atom. The van der Waals surface area contributed by atoms with Crippen LogP contribution < -0.4 is 11.5 Å². The van der Waals surface area contributed by atoms with Gasteiger partial charge in [-0.3, -0.25) is 4.79 Å². The molecule has 13 heavy (non-hydrogen) atoms. The van der Waals surface area contributed by atoms with E-state index in [2.05, 4.69) is 15.9 Å². The van der Waals surface area contributed by atoms with E-state index in [1.165, 1.54) is 11.8 Å². The van der Waals surface area contributed by atoms with Crippen molar-refractivity contribution in [3.63, 3.8) is 0 Å². The Hall–Kier alpha value is -0.680. The number of benzene rings is 1. The van der Waals surface area contributed by atoms with Crippen molar-refractivity contribution in [3.8, 4) is 0 Å². The quantitative estimate of drug-likeness (QED) is 0.641. The number of halogens is 1. The summed E-state index contributed by atoms with van der Waals surface area (Å²) in [5.41, 5.74) is 11.4. The molecule has 0 aliphatic heterocycles. The Kier molecular flexibility index (Phi) is 3.62. The van der Waals surface area contributed by atoms with E-state index in [4.69, 9.17) is 11.5 Å². The maximum atomic E-state index is 10.5. The number of anilines is 1. The molecule has 0 aliphatic carbocycles. The maximum absolute atomic E-state index is 10.5. The van der Waals surface area contributed by atoms with E-state index in [0.717, 1.165) is 9.37 Å². The predicted octanol–water partition coefficient (Wildman–Crippen LogP) is 1.61. The van der Waals surface area contributed by atoms with E-state index in [9.17, 15) is 4.79 Å². The molecule has 5 heteroatoms. The molecule has 1 aromatic carbocycles. The van der Waals surface area contributed by atoms with Crippen LogP contribution in [0.15, 0.2) is 27.6 Å². The third-order valence-corrected chi connectivity index (χ3v) is 3.17. The predicted molar refractivity (Wildman–Crippen MR) is 58.5 cm³/mol. The van der Waals surface area contributed by atoms with Gasteiger partial charge in [0.2, 0.25) is 5.91 Å². The average molecular weight is 261 g/mol. The highest BCUT2D eigenvalue weighted by atomic mass is 79.9. The topological polar surface area (TPSA) is 69.1 Å². The molecule has 1 rings (SSSR count). The second kappa shape index (κ2) is 4.53. The first-order valence-corrected chi connectivity index (χ1v) is 5.34. The molecule has 0 atom stereocenters. The van der Waals surface area contributed by atoms with Crippen molar-refractivity contribution in [2.24, 2.45) is 5.73 Å². The van der Waals surface area contributed by atoms with Crippen molar-refractivity contribution in [1.82, 2.24) is 0 Å². The molecule has 0 saturated heterocycles. The smallest absolute Gasteiger partial charge is 0.227 e. The fourth-order valence-corrected chi connectivity index (χ4v) is 2.03. The van der Waals surface area contributed by atoms with Gasteiger partial charge in [0.15, 0.2) is 0 Å². The first kappa shape index (κ1) is 10.4. The van der Waals surface area contributed by atoms with Gasteiger partial charge in [-0.1, -0.05) is 6.07 Å². The first-order valence-electron chi connectivity index (χ1n) is 3.56. The lowest BCUT2D eigenvalue weighted by atomic mass is 10.3. The second-order valence-corrected chi connectivity index (χ2v) is 4.28. The molecule has 0 unspecified atom stereocenters. The summed E-state index contributed by atoms with van der Waals surface area (Å²) in [7, 11) is 0. The van der Waals surface area contributed by atoms with Crippen LogP contribution >= 0.6 is 27.7 Å². The number of primary amides is 1.